The number of pyridine rings is 1. The lowest BCUT2D eigenvalue weighted by Crippen LogP contribution is -2.50. The summed E-state index contributed by atoms with van der Waals surface area (Å²) in [5.74, 6) is 1.85. The zero-order valence-electron chi connectivity index (χ0n) is 41.7. The number of aromatic nitrogens is 5. The second-order valence-electron chi connectivity index (χ2n) is 21.4. The molecule has 6 aliphatic rings. The number of halogens is 1. The summed E-state index contributed by atoms with van der Waals surface area (Å²) in [5, 5.41) is 6.51. The van der Waals surface area contributed by atoms with Crippen molar-refractivity contribution in [3.05, 3.63) is 89.0 Å². The average molecular weight is 980 g/mol. The largest absolute Gasteiger partial charge is 0.486 e. The van der Waals surface area contributed by atoms with Crippen LogP contribution >= 0.6 is 0 Å². The van der Waals surface area contributed by atoms with E-state index >= 15 is 4.39 Å². The summed E-state index contributed by atoms with van der Waals surface area (Å²) in [5.41, 5.74) is 6.28. The Hall–Kier alpha value is -6.59. The number of carbonyl (C=O) groups is 2. The Bertz CT molecular complexity index is 3070. The van der Waals surface area contributed by atoms with E-state index in [0.29, 0.717) is 80.2 Å². The lowest BCUT2D eigenvalue weighted by atomic mass is 9.88. The normalized spacial score (nSPS) is 21.5. The Morgan fingerprint density at radius 1 is 0.903 bits per heavy atom. The molecular formula is C55H62FN9O7. The molecule has 376 valence electrons. The van der Waals surface area contributed by atoms with Crippen molar-refractivity contribution >= 4 is 51.1 Å². The highest BCUT2D eigenvalue weighted by atomic mass is 19.1. The third-order valence-electron chi connectivity index (χ3n) is 15.2. The number of ether oxygens (including phenoxy) is 5. The number of hydrogen-bond acceptors (Lipinski definition) is 13. The minimum atomic E-state index is -0.614. The predicted octanol–water partition coefficient (Wildman–Crippen LogP) is 9.38. The lowest BCUT2D eigenvalue weighted by Gasteiger charge is -2.36. The smallest absolute Gasteiger partial charge is 0.410 e. The van der Waals surface area contributed by atoms with E-state index in [1.165, 1.54) is 0 Å². The minimum Gasteiger partial charge on any atom is -0.486 e. The van der Waals surface area contributed by atoms with Crippen LogP contribution in [0.3, 0.4) is 0 Å². The van der Waals surface area contributed by atoms with Crippen LogP contribution in [0, 0.1) is 12.7 Å². The second-order valence-corrected chi connectivity index (χ2v) is 21.4. The molecule has 5 aliphatic heterocycles. The molecule has 2 amide bonds. The number of nitrogens with zero attached hydrogens (tertiary/aromatic N) is 9. The first-order chi connectivity index (χ1) is 34.8. The van der Waals surface area contributed by atoms with E-state index in [-0.39, 0.29) is 67.3 Å². The monoisotopic (exact) mass is 979 g/mol. The van der Waals surface area contributed by atoms with E-state index in [1.807, 2.05) is 91.8 Å². The van der Waals surface area contributed by atoms with E-state index in [2.05, 4.69) is 16.0 Å². The van der Waals surface area contributed by atoms with Gasteiger partial charge in [0, 0.05) is 73.7 Å². The molecule has 72 heavy (non-hydrogen) atoms. The van der Waals surface area contributed by atoms with Gasteiger partial charge in [-0.2, -0.15) is 15.1 Å². The third-order valence-corrected chi connectivity index (χ3v) is 15.2. The average Bonchev–Trinajstić information content (AvgIpc) is 3.81. The Morgan fingerprint density at radius 3 is 2.44 bits per heavy atom. The number of anilines is 3. The predicted molar refractivity (Wildman–Crippen MR) is 270 cm³/mol. The van der Waals surface area contributed by atoms with Gasteiger partial charge >= 0.3 is 12.1 Å². The fraction of sp³-hybridized carbons (Fsp3) is 0.491. The standard InChI is InChI=1S/C55H62FN9O7/c1-32-42(56)25-44-41(26-58-65(44)46-10-6-7-20-69-46)47(32)48-39(35-15-16-35)24-40-49(50(48)70-31-34-13-11-33(12-14-34)27-64-43-9-8-19-57-52(43)61(5)30-45(64)66)59-53(71-38-17-21-68-22-18-38)60-51(40)62-28-37-23-36(62)29-63(37)54(67)72-55(2,3)4/h8-9,11-14,19,24-26,35-38,46H,6-7,10,15-18,20-23,27-31H2,1-5H3/t36-,37-,46?/m0/s1. The van der Waals surface area contributed by atoms with Crippen molar-refractivity contribution in [2.75, 3.05) is 61.2 Å². The van der Waals surface area contributed by atoms with Crippen LogP contribution < -0.4 is 24.2 Å². The number of rotatable bonds is 11. The van der Waals surface area contributed by atoms with Crippen molar-refractivity contribution in [2.45, 2.75) is 128 Å². The van der Waals surface area contributed by atoms with Crippen molar-refractivity contribution in [1.29, 1.82) is 0 Å². The Kier molecular flexibility index (Phi) is 11.9. The highest BCUT2D eigenvalue weighted by molar-refractivity contribution is 6.06. The fourth-order valence-electron chi connectivity index (χ4n) is 11.4. The number of carbonyl (C=O) groups excluding carboxylic acids is 2. The maximum Gasteiger partial charge on any atom is 0.410 e. The number of likely N-dealkylation sites (tertiary alicyclic amines) is 1. The van der Waals surface area contributed by atoms with Crippen molar-refractivity contribution in [2.24, 2.45) is 0 Å². The summed E-state index contributed by atoms with van der Waals surface area (Å²) in [6, 6.07) is 15.9. The molecule has 3 aromatic carbocycles. The van der Waals surface area contributed by atoms with Crippen molar-refractivity contribution < 1.29 is 37.7 Å². The summed E-state index contributed by atoms with van der Waals surface area (Å²) < 4.78 is 50.4. The van der Waals surface area contributed by atoms with E-state index < -0.39 is 5.60 Å². The Labute approximate surface area is 418 Å². The van der Waals surface area contributed by atoms with Crippen LogP contribution in [0.5, 0.6) is 11.8 Å². The molecule has 1 saturated carbocycles. The van der Waals surface area contributed by atoms with Gasteiger partial charge in [-0.25, -0.2) is 18.9 Å². The highest BCUT2D eigenvalue weighted by Crippen LogP contribution is 2.54. The van der Waals surface area contributed by atoms with Crippen molar-refractivity contribution in [3.8, 4) is 22.9 Å². The molecule has 0 N–H and O–H groups in total. The zero-order chi connectivity index (χ0) is 49.4. The zero-order valence-corrected chi connectivity index (χ0v) is 41.7. The number of benzene rings is 3. The van der Waals surface area contributed by atoms with E-state index in [9.17, 15) is 9.59 Å². The number of hydrogen-bond donors (Lipinski definition) is 0. The van der Waals surface area contributed by atoms with Crippen LogP contribution in [0.25, 0.3) is 32.9 Å². The quantitative estimate of drug-likeness (QED) is 0.121. The van der Waals surface area contributed by atoms with Gasteiger partial charge in [-0.15, -0.1) is 0 Å². The summed E-state index contributed by atoms with van der Waals surface area (Å²) in [4.78, 5) is 49.8. The molecule has 8 heterocycles. The van der Waals surface area contributed by atoms with Crippen LogP contribution in [0.4, 0.5) is 26.5 Å². The van der Waals surface area contributed by atoms with E-state index in [0.717, 1.165) is 88.9 Å². The molecule has 16 nitrogen and oxygen atoms in total. The molecule has 2 bridgehead atoms. The molecule has 3 atom stereocenters. The van der Waals surface area contributed by atoms with Crippen LogP contribution in [-0.4, -0.2) is 112 Å². The van der Waals surface area contributed by atoms with Gasteiger partial charge in [0.25, 0.3) is 0 Å². The summed E-state index contributed by atoms with van der Waals surface area (Å²) in [6.07, 6.45) is 9.69. The topological polar surface area (TPSA) is 150 Å². The molecule has 0 radical (unpaired) electrons. The van der Waals surface area contributed by atoms with Crippen LogP contribution in [0.2, 0.25) is 0 Å². The maximum absolute atomic E-state index is 16.8. The summed E-state index contributed by atoms with van der Waals surface area (Å²) >= 11 is 0. The lowest BCUT2D eigenvalue weighted by molar-refractivity contribution is -0.117. The summed E-state index contributed by atoms with van der Waals surface area (Å²) in [7, 11) is 1.88. The van der Waals surface area contributed by atoms with Crippen molar-refractivity contribution in [3.63, 3.8) is 0 Å². The van der Waals surface area contributed by atoms with Crippen LogP contribution in [0.1, 0.15) is 107 Å². The van der Waals surface area contributed by atoms with Gasteiger partial charge in [-0.1, -0.05) is 24.3 Å². The molecular weight excluding hydrogens is 918 g/mol. The molecule has 6 aromatic rings. The number of likely N-dealkylation sites (N-methyl/N-ethyl adjacent to an activating group) is 1. The SMILES string of the molecule is Cc1c(F)cc2c(cnn2C2CCCCO2)c1-c1c(C2CC2)cc2c(N3C[C@@H]4C[C@H]3CN4C(=O)OC(C)(C)C)nc(OC3CCOCC3)nc2c1OCc1ccc(CN2C(=O)CN(C)c3ncccc32)cc1. The molecule has 4 saturated heterocycles. The highest BCUT2D eigenvalue weighted by Gasteiger charge is 2.48. The number of fused-ring (bicyclic) bond motifs is 5. The molecule has 17 heteroatoms. The van der Waals surface area contributed by atoms with Gasteiger partial charge in [0.15, 0.2) is 17.8 Å². The fourth-order valence-corrected chi connectivity index (χ4v) is 11.4. The number of piperazine rings is 1. The molecule has 1 unspecified atom stereocenters. The van der Waals surface area contributed by atoms with Gasteiger partial charge in [-0.05, 0) is 113 Å². The van der Waals surface area contributed by atoms with E-state index in [1.54, 1.807) is 17.2 Å². The molecule has 0 spiro atoms. The maximum atomic E-state index is 16.8. The second kappa shape index (κ2) is 18.5. The molecule has 1 aliphatic carbocycles. The molecule has 5 fully saturated rings. The summed E-state index contributed by atoms with van der Waals surface area (Å²) in [6.45, 7) is 11.1. The Balaban J connectivity index is 0.988. The third kappa shape index (κ3) is 8.71. The van der Waals surface area contributed by atoms with E-state index in [4.69, 9.17) is 38.8 Å². The van der Waals surface area contributed by atoms with Gasteiger partial charge in [-0.3, -0.25) is 4.79 Å². The first-order valence-corrected chi connectivity index (χ1v) is 25.7. The van der Waals surface area contributed by atoms with Gasteiger partial charge in [0.2, 0.25) is 5.91 Å². The number of amides is 2. The van der Waals surface area contributed by atoms with Gasteiger partial charge in [0.05, 0.1) is 55.8 Å². The Morgan fingerprint density at radius 2 is 1.71 bits per heavy atom. The van der Waals surface area contributed by atoms with Crippen molar-refractivity contribution in [1.82, 2.24) is 29.6 Å². The minimum absolute atomic E-state index is 0.00239. The van der Waals surface area contributed by atoms with Crippen LogP contribution in [-0.2, 0) is 32.2 Å². The first kappa shape index (κ1) is 46.5. The molecule has 12 rings (SSSR count). The van der Waals surface area contributed by atoms with Crippen LogP contribution in [0.15, 0.2) is 60.9 Å². The van der Waals surface area contributed by atoms with Gasteiger partial charge in [0.1, 0.15) is 35.5 Å². The molecule has 3 aromatic heterocycles. The first-order valence-electron chi connectivity index (χ1n) is 25.7. The van der Waals surface area contributed by atoms with Gasteiger partial charge < -0.3 is 43.3 Å².